The molecule has 0 aliphatic heterocycles. The molecule has 0 fully saturated rings. The molecule has 2 heterocycles. The Morgan fingerprint density at radius 2 is 2.11 bits per heavy atom. The molecule has 0 aliphatic carbocycles. The fraction of sp³-hybridized carbons (Fsp3) is 0.417. The summed E-state index contributed by atoms with van der Waals surface area (Å²) in [6.07, 6.45) is 0. The zero-order valence-electron chi connectivity index (χ0n) is 10.8. The molecule has 0 aliphatic rings. The summed E-state index contributed by atoms with van der Waals surface area (Å²) >= 11 is 3.13. The van der Waals surface area contributed by atoms with Crippen LogP contribution in [-0.4, -0.2) is 15.9 Å². The molecule has 0 spiro atoms. The minimum Gasteiger partial charge on any atom is -0.302 e. The fourth-order valence-electron chi connectivity index (χ4n) is 1.50. The minimum absolute atomic E-state index is 0.101. The monoisotopic (exact) mass is 281 g/mol. The van der Waals surface area contributed by atoms with E-state index in [1.165, 1.54) is 18.3 Å². The van der Waals surface area contributed by atoms with Crippen LogP contribution in [0.15, 0.2) is 5.38 Å². The molecule has 4 nitrogen and oxygen atoms in total. The van der Waals surface area contributed by atoms with Crippen LogP contribution >= 0.6 is 22.7 Å². The number of carbonyl (C=O) groups excluding carboxylic acids is 1. The van der Waals surface area contributed by atoms with E-state index in [-0.39, 0.29) is 5.91 Å². The Labute approximate surface area is 114 Å². The number of amides is 1. The Morgan fingerprint density at radius 3 is 2.67 bits per heavy atom. The number of thiazole rings is 2. The van der Waals surface area contributed by atoms with Crippen LogP contribution in [0.25, 0.3) is 10.6 Å². The molecule has 0 saturated carbocycles. The first kappa shape index (κ1) is 13.2. The highest BCUT2D eigenvalue weighted by molar-refractivity contribution is 7.19. The van der Waals surface area contributed by atoms with Gasteiger partial charge in [-0.05, 0) is 6.92 Å². The third-order valence-corrected chi connectivity index (χ3v) is 4.57. The maximum Gasteiger partial charge on any atom is 0.223 e. The van der Waals surface area contributed by atoms with E-state index >= 15 is 0 Å². The van der Waals surface area contributed by atoms with Crippen LogP contribution in [0.5, 0.6) is 0 Å². The lowest BCUT2D eigenvalue weighted by Gasteiger charge is -1.96. The van der Waals surface area contributed by atoms with Crippen LogP contribution in [0.2, 0.25) is 0 Å². The molecule has 0 aromatic carbocycles. The smallest absolute Gasteiger partial charge is 0.223 e. The highest BCUT2D eigenvalue weighted by Gasteiger charge is 2.14. The van der Waals surface area contributed by atoms with Crippen LogP contribution in [0, 0.1) is 6.92 Å². The third kappa shape index (κ3) is 2.76. The van der Waals surface area contributed by atoms with Crippen LogP contribution < -0.4 is 5.32 Å². The Kier molecular flexibility index (Phi) is 3.77. The van der Waals surface area contributed by atoms with Crippen LogP contribution in [0.3, 0.4) is 0 Å². The van der Waals surface area contributed by atoms with Gasteiger partial charge >= 0.3 is 0 Å². The van der Waals surface area contributed by atoms with Gasteiger partial charge in [-0.15, -0.1) is 11.3 Å². The second-order valence-electron chi connectivity index (χ2n) is 4.34. The molecule has 18 heavy (non-hydrogen) atoms. The predicted octanol–water partition coefficient (Wildman–Crippen LogP) is 3.66. The van der Waals surface area contributed by atoms with E-state index in [0.717, 1.165) is 21.3 Å². The maximum atomic E-state index is 11.0. The first-order chi connectivity index (χ1) is 8.47. The van der Waals surface area contributed by atoms with Crippen molar-refractivity contribution in [3.63, 3.8) is 0 Å². The van der Waals surface area contributed by atoms with Crippen LogP contribution in [0.4, 0.5) is 5.13 Å². The summed E-state index contributed by atoms with van der Waals surface area (Å²) in [7, 11) is 0. The van der Waals surface area contributed by atoms with Crippen molar-refractivity contribution in [2.45, 2.75) is 33.6 Å². The first-order valence-corrected chi connectivity index (χ1v) is 7.37. The lowest BCUT2D eigenvalue weighted by molar-refractivity contribution is -0.114. The number of carbonyl (C=O) groups is 1. The number of nitrogens with one attached hydrogen (secondary N) is 1. The SMILES string of the molecule is CC(=O)Nc1nc(C)c(-c2csc(C(C)C)n2)s1. The van der Waals surface area contributed by atoms with Gasteiger partial charge in [-0.25, -0.2) is 9.97 Å². The van der Waals surface area contributed by atoms with Crippen molar-refractivity contribution in [3.8, 4) is 10.6 Å². The number of anilines is 1. The molecule has 1 amide bonds. The van der Waals surface area contributed by atoms with Gasteiger partial charge in [0, 0.05) is 18.2 Å². The molecule has 0 radical (unpaired) electrons. The van der Waals surface area contributed by atoms with E-state index in [4.69, 9.17) is 0 Å². The summed E-state index contributed by atoms with van der Waals surface area (Å²) < 4.78 is 0. The molecule has 96 valence electrons. The summed E-state index contributed by atoms with van der Waals surface area (Å²) in [5, 5.41) is 6.52. The van der Waals surface area contributed by atoms with E-state index in [0.29, 0.717) is 11.0 Å². The van der Waals surface area contributed by atoms with Crippen molar-refractivity contribution >= 4 is 33.7 Å². The zero-order valence-corrected chi connectivity index (χ0v) is 12.4. The Hall–Kier alpha value is -1.27. The average Bonchev–Trinajstić information content (AvgIpc) is 2.83. The molecule has 2 rings (SSSR count). The van der Waals surface area contributed by atoms with Gasteiger partial charge in [0.15, 0.2) is 5.13 Å². The number of nitrogens with zero attached hydrogens (tertiary/aromatic N) is 2. The summed E-state index contributed by atoms with van der Waals surface area (Å²) in [5.41, 5.74) is 1.86. The molecule has 0 bridgehead atoms. The Balaban J connectivity index is 2.32. The molecule has 2 aromatic rings. The van der Waals surface area contributed by atoms with Gasteiger partial charge in [0.1, 0.15) is 0 Å². The highest BCUT2D eigenvalue weighted by atomic mass is 32.1. The molecule has 2 aromatic heterocycles. The van der Waals surface area contributed by atoms with Crippen molar-refractivity contribution in [3.05, 3.63) is 16.1 Å². The topological polar surface area (TPSA) is 54.9 Å². The summed E-state index contributed by atoms with van der Waals surface area (Å²) in [4.78, 5) is 21.0. The van der Waals surface area contributed by atoms with Crippen LogP contribution in [0.1, 0.15) is 37.4 Å². The lowest BCUT2D eigenvalue weighted by atomic mass is 10.2. The Bertz CT molecular complexity index is 572. The van der Waals surface area contributed by atoms with Crippen molar-refractivity contribution in [2.75, 3.05) is 5.32 Å². The Morgan fingerprint density at radius 1 is 1.39 bits per heavy atom. The van der Waals surface area contributed by atoms with Gasteiger partial charge in [-0.2, -0.15) is 0 Å². The van der Waals surface area contributed by atoms with Crippen LogP contribution in [-0.2, 0) is 4.79 Å². The number of aromatic nitrogens is 2. The summed E-state index contributed by atoms with van der Waals surface area (Å²) in [5.74, 6) is 0.336. The standard InChI is InChI=1S/C12H15N3OS2/c1-6(2)11-15-9(5-17-11)10-7(3)13-12(18-10)14-8(4)16/h5-6H,1-4H3,(H,13,14,16). The second-order valence-corrected chi connectivity index (χ2v) is 6.23. The molecular formula is C12H15N3OS2. The molecule has 0 atom stereocenters. The maximum absolute atomic E-state index is 11.0. The highest BCUT2D eigenvalue weighted by Crippen LogP contribution is 2.34. The van der Waals surface area contributed by atoms with Crippen molar-refractivity contribution in [1.82, 2.24) is 9.97 Å². The van der Waals surface area contributed by atoms with Gasteiger partial charge in [0.2, 0.25) is 5.91 Å². The second kappa shape index (κ2) is 5.16. The van der Waals surface area contributed by atoms with E-state index in [1.54, 1.807) is 11.3 Å². The van der Waals surface area contributed by atoms with E-state index < -0.39 is 0 Å². The summed E-state index contributed by atoms with van der Waals surface area (Å²) in [6, 6.07) is 0. The zero-order chi connectivity index (χ0) is 13.3. The lowest BCUT2D eigenvalue weighted by Crippen LogP contribution is -2.04. The quantitative estimate of drug-likeness (QED) is 0.934. The summed E-state index contributed by atoms with van der Waals surface area (Å²) in [6.45, 7) is 7.68. The van der Waals surface area contributed by atoms with Crippen molar-refractivity contribution in [1.29, 1.82) is 0 Å². The normalized spacial score (nSPS) is 10.9. The van der Waals surface area contributed by atoms with Crippen molar-refractivity contribution in [2.24, 2.45) is 0 Å². The number of aryl methyl sites for hydroxylation is 1. The number of hydrogen-bond donors (Lipinski definition) is 1. The molecular weight excluding hydrogens is 266 g/mol. The predicted molar refractivity (Wildman–Crippen MR) is 76.4 cm³/mol. The van der Waals surface area contributed by atoms with E-state index in [2.05, 4.69) is 29.1 Å². The van der Waals surface area contributed by atoms with Crippen molar-refractivity contribution < 1.29 is 4.79 Å². The van der Waals surface area contributed by atoms with Gasteiger partial charge in [0.05, 0.1) is 21.3 Å². The number of hydrogen-bond acceptors (Lipinski definition) is 5. The van der Waals surface area contributed by atoms with E-state index in [1.807, 2.05) is 12.3 Å². The minimum atomic E-state index is -0.101. The largest absolute Gasteiger partial charge is 0.302 e. The molecule has 1 N–H and O–H groups in total. The average molecular weight is 281 g/mol. The van der Waals surface area contributed by atoms with Gasteiger partial charge in [0.25, 0.3) is 0 Å². The van der Waals surface area contributed by atoms with Gasteiger partial charge in [-0.3, -0.25) is 4.79 Å². The van der Waals surface area contributed by atoms with E-state index in [9.17, 15) is 4.79 Å². The molecule has 0 unspecified atom stereocenters. The first-order valence-electron chi connectivity index (χ1n) is 5.68. The van der Waals surface area contributed by atoms with Gasteiger partial charge in [-0.1, -0.05) is 25.2 Å². The molecule has 0 saturated heterocycles. The third-order valence-electron chi connectivity index (χ3n) is 2.33. The fourth-order valence-corrected chi connectivity index (χ4v) is 3.37. The molecule has 6 heteroatoms. The van der Waals surface area contributed by atoms with Gasteiger partial charge < -0.3 is 5.32 Å². The number of rotatable bonds is 3.